The molecule has 3 nitrogen and oxygen atoms in total. The lowest BCUT2D eigenvalue weighted by Gasteiger charge is -2.17. The molecule has 0 amide bonds. The van der Waals surface area contributed by atoms with Crippen molar-refractivity contribution in [2.24, 2.45) is 5.92 Å². The van der Waals surface area contributed by atoms with Gasteiger partial charge in [0, 0.05) is 12.8 Å². The zero-order valence-corrected chi connectivity index (χ0v) is 13.2. The van der Waals surface area contributed by atoms with Crippen LogP contribution in [-0.2, 0) is 14.3 Å². The van der Waals surface area contributed by atoms with Crippen LogP contribution in [-0.4, -0.2) is 23.7 Å². The van der Waals surface area contributed by atoms with E-state index in [4.69, 9.17) is 12.2 Å². The Morgan fingerprint density at radius 2 is 1.79 bits per heavy atom. The summed E-state index contributed by atoms with van der Waals surface area (Å²) in [5.74, 6) is 0.409. The fourth-order valence-electron chi connectivity index (χ4n) is 2.06. The van der Waals surface area contributed by atoms with Crippen molar-refractivity contribution >= 4 is 28.8 Å². The molecule has 0 aromatic rings. The Balaban J connectivity index is 4.07. The number of thiocarbonyl (C=S) groups is 1. The summed E-state index contributed by atoms with van der Waals surface area (Å²) >= 11 is 5.45. The highest BCUT2D eigenvalue weighted by Gasteiger charge is 2.14. The number of methoxy groups -OCH3 is 1. The van der Waals surface area contributed by atoms with Crippen molar-refractivity contribution in [3.05, 3.63) is 0 Å². The molecule has 0 aromatic heterocycles. The summed E-state index contributed by atoms with van der Waals surface area (Å²) in [7, 11) is 1.41. The van der Waals surface area contributed by atoms with E-state index in [-0.39, 0.29) is 11.8 Å². The number of Topliss-reactive ketones (excluding diaryl/α,β-unsaturated/α-hetero) is 1. The van der Waals surface area contributed by atoms with Gasteiger partial charge in [0.05, 0.1) is 7.11 Å². The van der Waals surface area contributed by atoms with Gasteiger partial charge in [-0.05, 0) is 43.4 Å². The standard InChI is InChI=1S/C15H26O3S/c1-4-7-14(19)13(11-10-12(2)16)8-5-6-9-15(17)18-3/h13H,4-11H2,1-3H3. The molecule has 0 aromatic carbocycles. The van der Waals surface area contributed by atoms with Crippen molar-refractivity contribution < 1.29 is 14.3 Å². The van der Waals surface area contributed by atoms with Crippen LogP contribution in [0.1, 0.15) is 65.2 Å². The first kappa shape index (κ1) is 18.2. The first-order valence-corrected chi connectivity index (χ1v) is 7.51. The Morgan fingerprint density at radius 3 is 2.32 bits per heavy atom. The van der Waals surface area contributed by atoms with E-state index >= 15 is 0 Å². The number of esters is 1. The summed E-state index contributed by atoms with van der Waals surface area (Å²) in [5.41, 5.74) is 0. The van der Waals surface area contributed by atoms with E-state index in [9.17, 15) is 9.59 Å². The van der Waals surface area contributed by atoms with Crippen LogP contribution in [0, 0.1) is 5.92 Å². The lowest BCUT2D eigenvalue weighted by Crippen LogP contribution is -2.14. The second kappa shape index (κ2) is 11.1. The minimum absolute atomic E-state index is 0.156. The predicted molar refractivity (Wildman–Crippen MR) is 81.4 cm³/mol. The monoisotopic (exact) mass is 286 g/mol. The van der Waals surface area contributed by atoms with Crippen LogP contribution in [0.3, 0.4) is 0 Å². The SMILES string of the molecule is CCCC(=S)C(CCCCC(=O)OC)CCC(C)=O. The third-order valence-corrected chi connectivity index (χ3v) is 3.75. The topological polar surface area (TPSA) is 43.4 Å². The molecule has 0 bridgehead atoms. The molecular formula is C15H26O3S. The molecule has 0 heterocycles. The van der Waals surface area contributed by atoms with Gasteiger partial charge in [-0.1, -0.05) is 32.0 Å². The molecule has 0 aliphatic heterocycles. The van der Waals surface area contributed by atoms with Gasteiger partial charge in [-0.3, -0.25) is 4.79 Å². The summed E-state index contributed by atoms with van der Waals surface area (Å²) in [6.45, 7) is 3.74. The first-order chi connectivity index (χ1) is 9.01. The van der Waals surface area contributed by atoms with E-state index in [0.29, 0.717) is 18.8 Å². The van der Waals surface area contributed by atoms with Crippen molar-refractivity contribution in [3.63, 3.8) is 0 Å². The normalized spacial score (nSPS) is 11.9. The van der Waals surface area contributed by atoms with Crippen molar-refractivity contribution in [1.29, 1.82) is 0 Å². The van der Waals surface area contributed by atoms with Crippen molar-refractivity contribution in [2.75, 3.05) is 7.11 Å². The van der Waals surface area contributed by atoms with Crippen molar-refractivity contribution in [1.82, 2.24) is 0 Å². The maximum Gasteiger partial charge on any atom is 0.305 e. The number of hydrogen-bond donors (Lipinski definition) is 0. The van der Waals surface area contributed by atoms with Gasteiger partial charge in [-0.25, -0.2) is 0 Å². The van der Waals surface area contributed by atoms with Crippen LogP contribution in [0.15, 0.2) is 0 Å². The molecule has 19 heavy (non-hydrogen) atoms. The van der Waals surface area contributed by atoms with Crippen LogP contribution < -0.4 is 0 Å². The highest BCUT2D eigenvalue weighted by molar-refractivity contribution is 7.80. The molecule has 110 valence electrons. The molecule has 1 unspecified atom stereocenters. The van der Waals surface area contributed by atoms with E-state index in [1.807, 2.05) is 0 Å². The molecule has 0 radical (unpaired) electrons. The molecule has 0 aliphatic carbocycles. The zero-order valence-electron chi connectivity index (χ0n) is 12.4. The van der Waals surface area contributed by atoms with Gasteiger partial charge < -0.3 is 9.53 Å². The average Bonchev–Trinajstić information content (AvgIpc) is 2.37. The summed E-state index contributed by atoms with van der Waals surface area (Å²) in [4.78, 5) is 23.2. The van der Waals surface area contributed by atoms with Gasteiger partial charge >= 0.3 is 5.97 Å². The molecular weight excluding hydrogens is 260 g/mol. The molecule has 0 aliphatic rings. The van der Waals surface area contributed by atoms with Gasteiger partial charge in [0.15, 0.2) is 0 Å². The van der Waals surface area contributed by atoms with Crippen LogP contribution >= 0.6 is 12.2 Å². The van der Waals surface area contributed by atoms with Crippen LogP contribution in [0.2, 0.25) is 0 Å². The summed E-state index contributed by atoms with van der Waals surface area (Å²) in [6, 6.07) is 0. The number of carbonyl (C=O) groups excluding carboxylic acids is 2. The van der Waals surface area contributed by atoms with Gasteiger partial charge in [0.2, 0.25) is 0 Å². The highest BCUT2D eigenvalue weighted by atomic mass is 32.1. The molecule has 4 heteroatoms. The molecule has 0 N–H and O–H groups in total. The predicted octanol–water partition coefficient (Wildman–Crippen LogP) is 3.88. The van der Waals surface area contributed by atoms with Gasteiger partial charge in [-0.15, -0.1) is 0 Å². The maximum atomic E-state index is 11.1. The van der Waals surface area contributed by atoms with E-state index in [2.05, 4.69) is 11.7 Å². The lowest BCUT2D eigenvalue weighted by molar-refractivity contribution is -0.140. The van der Waals surface area contributed by atoms with Crippen LogP contribution in [0.25, 0.3) is 0 Å². The van der Waals surface area contributed by atoms with Gasteiger partial charge in [-0.2, -0.15) is 0 Å². The molecule has 0 saturated heterocycles. The number of rotatable bonds is 11. The summed E-state index contributed by atoms with van der Waals surface area (Å²) in [6.07, 6.45) is 6.70. The second-order valence-electron chi connectivity index (χ2n) is 4.98. The summed E-state index contributed by atoms with van der Waals surface area (Å²) in [5, 5.41) is 0. The van der Waals surface area contributed by atoms with E-state index < -0.39 is 0 Å². The Morgan fingerprint density at radius 1 is 1.11 bits per heavy atom. The smallest absolute Gasteiger partial charge is 0.305 e. The largest absolute Gasteiger partial charge is 0.469 e. The molecule has 0 saturated carbocycles. The Labute approximate surface area is 122 Å². The molecule has 0 spiro atoms. The van der Waals surface area contributed by atoms with Gasteiger partial charge in [0.25, 0.3) is 0 Å². The molecule has 0 fully saturated rings. The average molecular weight is 286 g/mol. The fraction of sp³-hybridized carbons (Fsp3) is 0.800. The van der Waals surface area contributed by atoms with E-state index in [1.165, 1.54) is 7.11 Å². The van der Waals surface area contributed by atoms with Gasteiger partial charge in [0.1, 0.15) is 5.78 Å². The van der Waals surface area contributed by atoms with E-state index in [0.717, 1.165) is 43.4 Å². The van der Waals surface area contributed by atoms with Crippen molar-refractivity contribution in [2.45, 2.75) is 65.2 Å². The second-order valence-corrected chi connectivity index (χ2v) is 5.50. The Hall–Kier alpha value is -0.770. The van der Waals surface area contributed by atoms with Crippen LogP contribution in [0.5, 0.6) is 0 Å². The maximum absolute atomic E-state index is 11.1. The number of ketones is 1. The fourth-order valence-corrected chi connectivity index (χ4v) is 2.50. The number of carbonyl (C=O) groups is 2. The van der Waals surface area contributed by atoms with Crippen LogP contribution in [0.4, 0.5) is 0 Å². The minimum Gasteiger partial charge on any atom is -0.469 e. The quantitative estimate of drug-likeness (QED) is 0.328. The highest BCUT2D eigenvalue weighted by Crippen LogP contribution is 2.20. The minimum atomic E-state index is -0.156. The zero-order chi connectivity index (χ0) is 14.7. The number of ether oxygens (including phenoxy) is 1. The van der Waals surface area contributed by atoms with E-state index in [1.54, 1.807) is 6.92 Å². The lowest BCUT2D eigenvalue weighted by atomic mass is 9.90. The third kappa shape index (κ3) is 9.77. The Bertz CT molecular complexity index is 300. The number of unbranched alkanes of at least 4 members (excludes halogenated alkanes) is 1. The summed E-state index contributed by atoms with van der Waals surface area (Å²) < 4.78 is 4.61. The Kier molecular flexibility index (Phi) is 10.6. The number of hydrogen-bond acceptors (Lipinski definition) is 4. The first-order valence-electron chi connectivity index (χ1n) is 7.10. The third-order valence-electron chi connectivity index (χ3n) is 3.21. The molecule has 1 atom stereocenters. The van der Waals surface area contributed by atoms with Crippen molar-refractivity contribution in [3.8, 4) is 0 Å². The molecule has 0 rings (SSSR count).